The Morgan fingerprint density at radius 1 is 1.71 bits per heavy atom. The predicted molar refractivity (Wildman–Crippen MR) is 46.5 cm³/mol. The Balaban J connectivity index is 2.29. The molecule has 0 saturated carbocycles. The van der Waals surface area contributed by atoms with Crippen LogP contribution in [-0.2, 0) is 4.79 Å². The number of rotatable bonds is 4. The number of carbonyl (C=O) groups is 1. The van der Waals surface area contributed by atoms with Crippen molar-refractivity contribution in [2.45, 2.75) is 18.4 Å². The van der Waals surface area contributed by atoms with Gasteiger partial charge in [0.15, 0.2) is 0 Å². The number of halogens is 2. The van der Waals surface area contributed by atoms with E-state index in [1.165, 1.54) is 4.90 Å². The fourth-order valence-electron chi connectivity index (χ4n) is 1.60. The van der Waals surface area contributed by atoms with Crippen LogP contribution in [0.15, 0.2) is 0 Å². The van der Waals surface area contributed by atoms with E-state index in [-0.39, 0.29) is 25.6 Å². The van der Waals surface area contributed by atoms with Gasteiger partial charge in [0.05, 0.1) is 13.1 Å². The smallest absolute Gasteiger partial charge is 0.317 e. The molecular weight excluding hydrogens is 194 g/mol. The number of alkyl halides is 2. The zero-order chi connectivity index (χ0) is 10.8. The van der Waals surface area contributed by atoms with E-state index in [1.807, 2.05) is 0 Å². The Labute approximate surface area is 80.9 Å². The molecule has 1 atom stereocenters. The van der Waals surface area contributed by atoms with Crippen molar-refractivity contribution in [3.05, 3.63) is 0 Å². The number of hydrogen-bond donors (Lipinski definition) is 2. The Morgan fingerprint density at radius 3 is 2.79 bits per heavy atom. The third-order valence-electron chi connectivity index (χ3n) is 2.13. The fourth-order valence-corrected chi connectivity index (χ4v) is 1.60. The average molecular weight is 208 g/mol. The van der Waals surface area contributed by atoms with Crippen LogP contribution in [-0.4, -0.2) is 54.6 Å². The van der Waals surface area contributed by atoms with Crippen molar-refractivity contribution in [3.63, 3.8) is 0 Å². The Hall–Kier alpha value is -0.750. The maximum atomic E-state index is 12.7. The molecule has 2 N–H and O–H groups in total. The molecule has 0 aromatic carbocycles. The van der Waals surface area contributed by atoms with Gasteiger partial charge in [0.25, 0.3) is 5.92 Å². The summed E-state index contributed by atoms with van der Waals surface area (Å²) in [7, 11) is 1.60. The summed E-state index contributed by atoms with van der Waals surface area (Å²) in [6, 6.07) is -0.311. The molecule has 0 amide bonds. The molecule has 1 saturated heterocycles. The van der Waals surface area contributed by atoms with Crippen molar-refractivity contribution in [1.82, 2.24) is 10.2 Å². The van der Waals surface area contributed by atoms with Gasteiger partial charge in [0.2, 0.25) is 0 Å². The van der Waals surface area contributed by atoms with E-state index in [4.69, 9.17) is 5.11 Å². The quantitative estimate of drug-likeness (QED) is 0.682. The maximum absolute atomic E-state index is 12.7. The van der Waals surface area contributed by atoms with Crippen molar-refractivity contribution in [1.29, 1.82) is 0 Å². The first-order valence-electron chi connectivity index (χ1n) is 4.40. The molecule has 6 heteroatoms. The minimum absolute atomic E-state index is 0.121. The highest BCUT2D eigenvalue weighted by Gasteiger charge is 2.39. The summed E-state index contributed by atoms with van der Waals surface area (Å²) in [6.07, 6.45) is -0.211. The van der Waals surface area contributed by atoms with Crippen LogP contribution in [0.3, 0.4) is 0 Å². The minimum Gasteiger partial charge on any atom is -0.480 e. The molecule has 1 unspecified atom stereocenters. The fraction of sp³-hybridized carbons (Fsp3) is 0.875. The van der Waals surface area contributed by atoms with Gasteiger partial charge in [-0.3, -0.25) is 9.69 Å². The highest BCUT2D eigenvalue weighted by atomic mass is 19.3. The third-order valence-corrected chi connectivity index (χ3v) is 2.13. The summed E-state index contributed by atoms with van der Waals surface area (Å²) >= 11 is 0. The highest BCUT2D eigenvalue weighted by molar-refractivity contribution is 5.69. The third kappa shape index (κ3) is 3.55. The molecule has 1 aliphatic heterocycles. The van der Waals surface area contributed by atoms with Gasteiger partial charge in [-0.05, 0) is 7.05 Å². The van der Waals surface area contributed by atoms with Gasteiger partial charge in [0, 0.05) is 19.0 Å². The zero-order valence-corrected chi connectivity index (χ0v) is 7.96. The number of likely N-dealkylation sites (N-methyl/N-ethyl adjacent to an activating group) is 1. The lowest BCUT2D eigenvalue weighted by atomic mass is 10.2. The number of carboxylic acids is 1. The molecule has 1 rings (SSSR count). The van der Waals surface area contributed by atoms with Crippen molar-refractivity contribution in [3.8, 4) is 0 Å². The summed E-state index contributed by atoms with van der Waals surface area (Å²) in [6.45, 7) is -0.0930. The van der Waals surface area contributed by atoms with E-state index in [0.717, 1.165) is 0 Å². The molecule has 1 heterocycles. The number of carboxylic acid groups (broad SMARTS) is 1. The lowest BCUT2D eigenvalue weighted by Gasteiger charge is -2.18. The first kappa shape index (κ1) is 11.3. The van der Waals surface area contributed by atoms with E-state index in [2.05, 4.69) is 5.32 Å². The first-order chi connectivity index (χ1) is 6.39. The standard InChI is InChI=1S/C8H14F2N2O2/c1-12(4-7(13)14)3-6-2-8(9,10)5-11-6/h6,11H,2-5H2,1H3,(H,13,14). The number of nitrogens with zero attached hydrogens (tertiary/aromatic N) is 1. The lowest BCUT2D eigenvalue weighted by Crippen LogP contribution is -2.37. The SMILES string of the molecule is CN(CC(=O)O)CC1CC(F)(F)CN1. The van der Waals surface area contributed by atoms with Crippen molar-refractivity contribution < 1.29 is 18.7 Å². The van der Waals surface area contributed by atoms with Gasteiger partial charge in [-0.2, -0.15) is 0 Å². The Morgan fingerprint density at radius 2 is 2.36 bits per heavy atom. The molecular formula is C8H14F2N2O2. The van der Waals surface area contributed by atoms with Crippen LogP contribution in [0.1, 0.15) is 6.42 Å². The normalized spacial score (nSPS) is 25.6. The molecule has 0 bridgehead atoms. The molecule has 0 aliphatic carbocycles. The van der Waals surface area contributed by atoms with Crippen LogP contribution >= 0.6 is 0 Å². The maximum Gasteiger partial charge on any atom is 0.317 e. The molecule has 0 radical (unpaired) electrons. The molecule has 82 valence electrons. The summed E-state index contributed by atoms with van der Waals surface area (Å²) in [4.78, 5) is 11.8. The van der Waals surface area contributed by atoms with Crippen LogP contribution in [0.25, 0.3) is 0 Å². The largest absolute Gasteiger partial charge is 0.480 e. The molecule has 1 fully saturated rings. The van der Waals surface area contributed by atoms with Crippen LogP contribution in [0.4, 0.5) is 8.78 Å². The van der Waals surface area contributed by atoms with E-state index in [1.54, 1.807) is 7.05 Å². The van der Waals surface area contributed by atoms with E-state index in [9.17, 15) is 13.6 Å². The average Bonchev–Trinajstić information content (AvgIpc) is 2.27. The summed E-state index contributed by atoms with van der Waals surface area (Å²) in [5.41, 5.74) is 0. The van der Waals surface area contributed by atoms with E-state index >= 15 is 0 Å². The van der Waals surface area contributed by atoms with Crippen LogP contribution < -0.4 is 5.32 Å². The van der Waals surface area contributed by atoms with E-state index < -0.39 is 11.9 Å². The first-order valence-corrected chi connectivity index (χ1v) is 4.40. The van der Waals surface area contributed by atoms with Gasteiger partial charge in [-0.15, -0.1) is 0 Å². The van der Waals surface area contributed by atoms with E-state index in [0.29, 0.717) is 6.54 Å². The topological polar surface area (TPSA) is 52.6 Å². The zero-order valence-electron chi connectivity index (χ0n) is 7.96. The summed E-state index contributed by atoms with van der Waals surface area (Å²) < 4.78 is 25.4. The Bertz CT molecular complexity index is 223. The molecule has 1 aliphatic rings. The van der Waals surface area contributed by atoms with Crippen molar-refractivity contribution >= 4 is 5.97 Å². The molecule has 0 spiro atoms. The summed E-state index contributed by atoms with van der Waals surface area (Å²) in [5, 5.41) is 11.1. The second kappa shape index (κ2) is 4.18. The van der Waals surface area contributed by atoms with Gasteiger partial charge >= 0.3 is 5.97 Å². The van der Waals surface area contributed by atoms with Gasteiger partial charge in [-0.25, -0.2) is 8.78 Å². The molecule has 0 aromatic heterocycles. The van der Waals surface area contributed by atoms with Crippen molar-refractivity contribution in [2.24, 2.45) is 0 Å². The number of nitrogens with one attached hydrogen (secondary N) is 1. The summed E-state index contributed by atoms with van der Waals surface area (Å²) in [5.74, 6) is -3.59. The van der Waals surface area contributed by atoms with Gasteiger partial charge in [0.1, 0.15) is 0 Å². The second-order valence-electron chi connectivity index (χ2n) is 3.73. The van der Waals surface area contributed by atoms with Crippen LogP contribution in [0.2, 0.25) is 0 Å². The van der Waals surface area contributed by atoms with Crippen LogP contribution in [0.5, 0.6) is 0 Å². The highest BCUT2D eigenvalue weighted by Crippen LogP contribution is 2.25. The number of hydrogen-bond acceptors (Lipinski definition) is 3. The number of aliphatic carboxylic acids is 1. The molecule has 4 nitrogen and oxygen atoms in total. The Kier molecular flexibility index (Phi) is 3.38. The van der Waals surface area contributed by atoms with Crippen LogP contribution in [0, 0.1) is 0 Å². The molecule has 14 heavy (non-hydrogen) atoms. The van der Waals surface area contributed by atoms with Crippen molar-refractivity contribution in [2.75, 3.05) is 26.7 Å². The molecule has 0 aromatic rings. The monoisotopic (exact) mass is 208 g/mol. The minimum atomic E-state index is -2.64. The lowest BCUT2D eigenvalue weighted by molar-refractivity contribution is -0.138. The predicted octanol–water partition coefficient (Wildman–Crippen LogP) is 0.0000000000000000555. The van der Waals surface area contributed by atoms with Gasteiger partial charge in [-0.1, -0.05) is 0 Å². The second-order valence-corrected chi connectivity index (χ2v) is 3.73. The van der Waals surface area contributed by atoms with Gasteiger partial charge < -0.3 is 10.4 Å².